The number of phenols is 1. The number of carbonyl (C=O) groups is 3. The second-order valence-corrected chi connectivity index (χ2v) is 11.1. The number of nitrogens with two attached hydrogens (primary N) is 1. The van der Waals surface area contributed by atoms with Gasteiger partial charge in [-0.3, -0.25) is 19.3 Å². The normalized spacial score (nSPS) is 29.4. The molecule has 0 unspecified atom stereocenters. The van der Waals surface area contributed by atoms with Crippen molar-refractivity contribution in [3.8, 4) is 17.6 Å². The van der Waals surface area contributed by atoms with Crippen molar-refractivity contribution < 1.29 is 34.8 Å². The van der Waals surface area contributed by atoms with E-state index in [4.69, 9.17) is 5.73 Å². The number of Topliss-reactive ketones (excluding diaryl/α,β-unsaturated/α-hetero) is 2. The maximum absolute atomic E-state index is 13.9. The Labute approximate surface area is 220 Å². The van der Waals surface area contributed by atoms with Crippen LogP contribution in [0, 0.1) is 29.6 Å². The van der Waals surface area contributed by atoms with Crippen LogP contribution in [0.5, 0.6) is 5.75 Å². The van der Waals surface area contributed by atoms with Gasteiger partial charge in [0.15, 0.2) is 11.4 Å². The molecule has 200 valence electrons. The molecule has 38 heavy (non-hydrogen) atoms. The summed E-state index contributed by atoms with van der Waals surface area (Å²) < 4.78 is 0. The average Bonchev–Trinajstić information content (AvgIpc) is 2.86. The van der Waals surface area contributed by atoms with E-state index in [-0.39, 0.29) is 35.6 Å². The zero-order valence-corrected chi connectivity index (χ0v) is 21.5. The van der Waals surface area contributed by atoms with Crippen LogP contribution in [0.15, 0.2) is 29.0 Å². The number of hydrogen-bond donors (Lipinski definition) is 5. The summed E-state index contributed by atoms with van der Waals surface area (Å²) >= 11 is 0. The minimum absolute atomic E-state index is 0.0525. The molecule has 2 saturated carbocycles. The summed E-state index contributed by atoms with van der Waals surface area (Å²) in [5.41, 5.74) is 3.03. The monoisotopic (exact) mass is 520 g/mol. The first-order valence-corrected chi connectivity index (χ1v) is 13.0. The quantitative estimate of drug-likeness (QED) is 0.292. The van der Waals surface area contributed by atoms with Crippen molar-refractivity contribution in [1.29, 1.82) is 0 Å². The Morgan fingerprint density at radius 2 is 1.79 bits per heavy atom. The highest BCUT2D eigenvalue weighted by atomic mass is 16.3. The zero-order valence-electron chi connectivity index (χ0n) is 21.5. The topological polar surface area (TPSA) is 161 Å². The fourth-order valence-corrected chi connectivity index (χ4v) is 6.79. The van der Waals surface area contributed by atoms with Crippen molar-refractivity contribution in [2.45, 2.75) is 56.6 Å². The molecule has 9 nitrogen and oxygen atoms in total. The number of ketones is 2. The number of primary amides is 1. The molecule has 5 rings (SSSR count). The first kappa shape index (κ1) is 26.0. The third-order valence-corrected chi connectivity index (χ3v) is 8.62. The zero-order chi connectivity index (χ0) is 27.5. The van der Waals surface area contributed by atoms with Gasteiger partial charge in [-0.2, -0.15) is 0 Å². The number of hydrogen-bond acceptors (Lipinski definition) is 8. The summed E-state index contributed by atoms with van der Waals surface area (Å²) in [7, 11) is 3.15. The maximum Gasteiger partial charge on any atom is 0.255 e. The van der Waals surface area contributed by atoms with Crippen LogP contribution in [-0.4, -0.2) is 68.5 Å². The lowest BCUT2D eigenvalue weighted by molar-refractivity contribution is -0.153. The van der Waals surface area contributed by atoms with Gasteiger partial charge in [-0.15, -0.1) is 0 Å². The third-order valence-electron chi connectivity index (χ3n) is 8.62. The smallest absolute Gasteiger partial charge is 0.255 e. The Kier molecular flexibility index (Phi) is 6.36. The number of aromatic hydroxyl groups is 1. The van der Waals surface area contributed by atoms with Crippen LogP contribution in [-0.2, 0) is 20.8 Å². The fraction of sp³-hybridized carbons (Fsp3) is 0.483. The number of carbonyl (C=O) groups excluding carboxylic acids is 3. The van der Waals surface area contributed by atoms with Gasteiger partial charge >= 0.3 is 0 Å². The summed E-state index contributed by atoms with van der Waals surface area (Å²) in [6.07, 6.45) is 5.83. The molecular weight excluding hydrogens is 488 g/mol. The molecule has 0 spiro atoms. The van der Waals surface area contributed by atoms with Crippen molar-refractivity contribution in [2.24, 2.45) is 23.5 Å². The first-order valence-electron chi connectivity index (χ1n) is 13.0. The molecule has 1 aromatic carbocycles. The van der Waals surface area contributed by atoms with E-state index < -0.39 is 58.0 Å². The van der Waals surface area contributed by atoms with Crippen molar-refractivity contribution in [3.05, 3.63) is 45.7 Å². The molecule has 0 saturated heterocycles. The SMILES string of the molecule is CN(C)[C@H]1C(=O)C(C(N)=O)=C(O)[C@]2(O)C(=O)C3=C(O)c4c(O)ccc(C#CC5CCCCC5)c4C[C@@H]3C[C@@H]12. The van der Waals surface area contributed by atoms with Crippen LogP contribution in [0.3, 0.4) is 0 Å². The van der Waals surface area contributed by atoms with E-state index in [0.29, 0.717) is 11.1 Å². The van der Waals surface area contributed by atoms with E-state index in [2.05, 4.69) is 11.8 Å². The van der Waals surface area contributed by atoms with Crippen LogP contribution in [0.4, 0.5) is 0 Å². The number of aliphatic hydroxyl groups is 3. The standard InChI is InChI=1S/C29H32N2O7/c1-31(2)23-18-13-16-12-17-15(9-8-14-6-4-3-5-7-14)10-11-19(32)21(17)24(33)20(16)26(35)29(18,38)27(36)22(25(23)34)28(30)37/h10-11,14,16,18,23,32-33,36,38H,3-7,12-13H2,1-2H3,(H2,30,37)/t16-,18+,23-,29-/m1/s1. The van der Waals surface area contributed by atoms with Gasteiger partial charge in [0, 0.05) is 23.0 Å². The van der Waals surface area contributed by atoms with Crippen LogP contribution < -0.4 is 5.73 Å². The number of likely N-dealkylation sites (N-methyl/N-ethyl adjacent to an activating group) is 1. The lowest BCUT2D eigenvalue weighted by Crippen LogP contribution is -2.65. The second-order valence-electron chi connectivity index (χ2n) is 11.1. The van der Waals surface area contributed by atoms with E-state index in [1.807, 2.05) is 0 Å². The minimum atomic E-state index is -2.64. The third kappa shape index (κ3) is 3.74. The molecule has 0 aliphatic heterocycles. The van der Waals surface area contributed by atoms with Gasteiger partial charge in [0.05, 0.1) is 11.6 Å². The van der Waals surface area contributed by atoms with Crippen LogP contribution in [0.2, 0.25) is 0 Å². The molecular formula is C29H32N2O7. The fourth-order valence-electron chi connectivity index (χ4n) is 6.79. The molecule has 4 aliphatic carbocycles. The van der Waals surface area contributed by atoms with Gasteiger partial charge in [-0.05, 0) is 63.4 Å². The van der Waals surface area contributed by atoms with E-state index in [9.17, 15) is 34.8 Å². The molecule has 2 fully saturated rings. The van der Waals surface area contributed by atoms with Crippen molar-refractivity contribution in [1.82, 2.24) is 4.90 Å². The molecule has 1 aromatic rings. The molecule has 0 radical (unpaired) electrons. The molecule has 0 bridgehead atoms. The number of rotatable bonds is 2. The largest absolute Gasteiger partial charge is 0.508 e. The lowest BCUT2D eigenvalue weighted by Gasteiger charge is -2.50. The Balaban J connectivity index is 1.65. The van der Waals surface area contributed by atoms with Crippen molar-refractivity contribution in [3.63, 3.8) is 0 Å². The highest BCUT2D eigenvalue weighted by Gasteiger charge is 2.64. The Morgan fingerprint density at radius 3 is 2.42 bits per heavy atom. The van der Waals surface area contributed by atoms with Crippen molar-refractivity contribution >= 4 is 23.2 Å². The van der Waals surface area contributed by atoms with Gasteiger partial charge in [0.2, 0.25) is 5.78 Å². The molecule has 9 heteroatoms. The highest BCUT2D eigenvalue weighted by molar-refractivity contribution is 6.24. The van der Waals surface area contributed by atoms with Gasteiger partial charge in [-0.1, -0.05) is 31.1 Å². The molecule has 4 atom stereocenters. The molecule has 1 amide bonds. The molecule has 0 heterocycles. The van der Waals surface area contributed by atoms with Crippen molar-refractivity contribution in [2.75, 3.05) is 14.1 Å². The van der Waals surface area contributed by atoms with Gasteiger partial charge in [-0.25, -0.2) is 0 Å². The number of amides is 1. The van der Waals surface area contributed by atoms with E-state index in [0.717, 1.165) is 25.7 Å². The van der Waals surface area contributed by atoms with Gasteiger partial charge < -0.3 is 26.2 Å². The number of aliphatic hydroxyl groups excluding tert-OH is 2. The summed E-state index contributed by atoms with van der Waals surface area (Å²) in [6, 6.07) is 2.00. The summed E-state index contributed by atoms with van der Waals surface area (Å²) in [6.45, 7) is 0. The Morgan fingerprint density at radius 1 is 1.11 bits per heavy atom. The Bertz CT molecular complexity index is 1370. The summed E-state index contributed by atoms with van der Waals surface area (Å²) in [4.78, 5) is 40.6. The van der Waals surface area contributed by atoms with Crippen LogP contribution >= 0.6 is 0 Å². The lowest BCUT2D eigenvalue weighted by atomic mass is 9.57. The predicted octanol–water partition coefficient (Wildman–Crippen LogP) is 1.90. The predicted molar refractivity (Wildman–Crippen MR) is 138 cm³/mol. The van der Waals surface area contributed by atoms with Crippen LogP contribution in [0.1, 0.15) is 55.2 Å². The molecule has 4 aliphatic rings. The van der Waals surface area contributed by atoms with E-state index >= 15 is 0 Å². The number of benzene rings is 1. The Hall–Kier alpha value is -3.61. The van der Waals surface area contributed by atoms with E-state index in [1.54, 1.807) is 20.2 Å². The average molecular weight is 521 g/mol. The molecule has 0 aromatic heterocycles. The number of phenolic OH excluding ortho intramolecular Hbond substituents is 1. The van der Waals surface area contributed by atoms with Crippen LogP contribution in [0.25, 0.3) is 5.76 Å². The summed E-state index contributed by atoms with van der Waals surface area (Å²) in [5, 5.41) is 44.5. The number of fused-ring (bicyclic) bond motifs is 3. The van der Waals surface area contributed by atoms with E-state index in [1.165, 1.54) is 17.4 Å². The maximum atomic E-state index is 13.9. The number of nitrogens with zero attached hydrogens (tertiary/aromatic N) is 1. The first-order chi connectivity index (χ1) is 18.0. The highest BCUT2D eigenvalue weighted by Crippen LogP contribution is 2.52. The second kappa shape index (κ2) is 9.29. The van der Waals surface area contributed by atoms with Gasteiger partial charge in [0.25, 0.3) is 5.91 Å². The minimum Gasteiger partial charge on any atom is -0.508 e. The van der Waals surface area contributed by atoms with Gasteiger partial charge in [0.1, 0.15) is 22.8 Å². The summed E-state index contributed by atoms with van der Waals surface area (Å²) in [5.74, 6) is 0.251. The molecule has 6 N–H and O–H groups in total.